The van der Waals surface area contributed by atoms with Crippen LogP contribution in [0.4, 0.5) is 5.69 Å². The number of benzene rings is 1. The lowest BCUT2D eigenvalue weighted by Gasteiger charge is -2.13. The number of carbonyl (C=O) groups excluding carboxylic acids is 1. The Labute approximate surface area is 112 Å². The average molecular weight is 283 g/mol. The van der Waals surface area contributed by atoms with Crippen LogP contribution in [0.1, 0.15) is 19.3 Å². The van der Waals surface area contributed by atoms with E-state index in [4.69, 9.17) is 10.9 Å². The van der Waals surface area contributed by atoms with Crippen LogP contribution in [0.5, 0.6) is 0 Å². The Bertz CT molecular complexity index is 586. The number of carbonyl (C=O) groups is 1. The summed E-state index contributed by atoms with van der Waals surface area (Å²) < 4.78 is 22.8. The molecule has 2 rings (SSSR count). The zero-order chi connectivity index (χ0) is 14.0. The maximum atomic E-state index is 12.0. The van der Waals surface area contributed by atoms with Gasteiger partial charge in [0.15, 0.2) is 0 Å². The molecule has 0 aromatic heterocycles. The molecule has 0 bridgehead atoms. The minimum absolute atomic E-state index is 0.0456. The molecule has 1 aromatic carbocycles. The molecule has 2 unspecified atom stereocenters. The molecule has 104 valence electrons. The molecule has 0 radical (unpaired) electrons. The fourth-order valence-corrected chi connectivity index (χ4v) is 3.00. The van der Waals surface area contributed by atoms with E-state index in [1.165, 1.54) is 12.1 Å². The first-order chi connectivity index (χ1) is 8.88. The number of sulfonamides is 1. The van der Waals surface area contributed by atoms with Crippen molar-refractivity contribution in [3.63, 3.8) is 0 Å². The van der Waals surface area contributed by atoms with E-state index in [9.17, 15) is 13.2 Å². The summed E-state index contributed by atoms with van der Waals surface area (Å²) in [5.74, 6) is -0.368. The quantitative estimate of drug-likeness (QED) is 0.744. The third kappa shape index (κ3) is 3.31. The fraction of sp³-hybridized carbons (Fsp3) is 0.417. The second-order valence-corrected chi connectivity index (χ2v) is 6.33. The van der Waals surface area contributed by atoms with Crippen LogP contribution in [-0.4, -0.2) is 20.4 Å². The Morgan fingerprint density at radius 1 is 1.26 bits per heavy atom. The van der Waals surface area contributed by atoms with E-state index in [1.807, 2.05) is 0 Å². The molecule has 0 saturated heterocycles. The summed E-state index contributed by atoms with van der Waals surface area (Å²) in [7, 11) is -3.85. The predicted molar refractivity (Wildman–Crippen MR) is 71.8 cm³/mol. The Morgan fingerprint density at radius 2 is 1.95 bits per heavy atom. The molecule has 1 aliphatic rings. The maximum absolute atomic E-state index is 12.0. The summed E-state index contributed by atoms with van der Waals surface area (Å²) in [6.45, 7) is 0. The van der Waals surface area contributed by atoms with Crippen molar-refractivity contribution >= 4 is 21.6 Å². The zero-order valence-electron chi connectivity index (χ0n) is 10.4. The smallest absolute Gasteiger partial charge is 0.240 e. The summed E-state index contributed by atoms with van der Waals surface area (Å²) in [6, 6.07) is 6.13. The van der Waals surface area contributed by atoms with Crippen LogP contribution >= 0.6 is 0 Å². The van der Waals surface area contributed by atoms with Gasteiger partial charge in [-0.15, -0.1) is 0 Å². The van der Waals surface area contributed by atoms with Gasteiger partial charge in [-0.25, -0.2) is 13.6 Å². The number of amides is 1. The highest BCUT2D eigenvalue weighted by Crippen LogP contribution is 2.27. The molecule has 1 saturated carbocycles. The van der Waals surface area contributed by atoms with Gasteiger partial charge in [0, 0.05) is 12.0 Å². The van der Waals surface area contributed by atoms with E-state index in [1.54, 1.807) is 12.1 Å². The van der Waals surface area contributed by atoms with Gasteiger partial charge in [-0.05, 0) is 31.4 Å². The highest BCUT2D eigenvalue weighted by molar-refractivity contribution is 7.89. The van der Waals surface area contributed by atoms with Gasteiger partial charge in [0.05, 0.1) is 5.69 Å². The molecule has 1 aromatic rings. The number of nitrogens with one attached hydrogen (secondary N) is 1. The molecule has 1 fully saturated rings. The molecule has 6 nitrogen and oxygen atoms in total. The van der Waals surface area contributed by atoms with Crippen molar-refractivity contribution in [2.45, 2.75) is 30.2 Å². The van der Waals surface area contributed by atoms with Gasteiger partial charge in [0.1, 0.15) is 4.90 Å². The number of nitrogens with two attached hydrogens (primary N) is 2. The second-order valence-electron chi connectivity index (χ2n) is 4.80. The summed E-state index contributed by atoms with van der Waals surface area (Å²) in [5.41, 5.74) is 5.98. The Kier molecular flexibility index (Phi) is 3.88. The van der Waals surface area contributed by atoms with E-state index in [2.05, 4.69) is 5.32 Å². The van der Waals surface area contributed by atoms with E-state index >= 15 is 0 Å². The zero-order valence-corrected chi connectivity index (χ0v) is 11.2. The first-order valence-electron chi connectivity index (χ1n) is 6.06. The lowest BCUT2D eigenvalue weighted by molar-refractivity contribution is -0.119. The SMILES string of the molecule is NC1CCC(C(=O)Nc2ccccc2S(N)(=O)=O)C1. The monoisotopic (exact) mass is 283 g/mol. The van der Waals surface area contributed by atoms with Crippen LogP contribution in [0, 0.1) is 5.92 Å². The number of anilines is 1. The molecule has 7 heteroatoms. The minimum Gasteiger partial charge on any atom is -0.328 e. The predicted octanol–water partition coefficient (Wildman–Crippen LogP) is 0.400. The van der Waals surface area contributed by atoms with Gasteiger partial charge in [0.2, 0.25) is 15.9 Å². The van der Waals surface area contributed by atoms with Gasteiger partial charge in [-0.2, -0.15) is 0 Å². The van der Waals surface area contributed by atoms with Crippen molar-refractivity contribution in [3.8, 4) is 0 Å². The first kappa shape index (κ1) is 14.0. The number of hydrogen-bond donors (Lipinski definition) is 3. The van der Waals surface area contributed by atoms with Crippen LogP contribution in [0.15, 0.2) is 29.2 Å². The summed E-state index contributed by atoms with van der Waals surface area (Å²) >= 11 is 0. The molecule has 19 heavy (non-hydrogen) atoms. The third-order valence-electron chi connectivity index (χ3n) is 3.30. The van der Waals surface area contributed by atoms with Gasteiger partial charge in [0.25, 0.3) is 0 Å². The number of hydrogen-bond acceptors (Lipinski definition) is 4. The number of primary sulfonamides is 1. The molecule has 1 aliphatic carbocycles. The van der Waals surface area contributed by atoms with Gasteiger partial charge >= 0.3 is 0 Å². The topological polar surface area (TPSA) is 115 Å². The fourth-order valence-electron chi connectivity index (χ4n) is 2.31. The molecule has 1 amide bonds. The Balaban J connectivity index is 2.18. The van der Waals surface area contributed by atoms with Crippen molar-refractivity contribution in [1.82, 2.24) is 0 Å². The van der Waals surface area contributed by atoms with Crippen LogP contribution in [-0.2, 0) is 14.8 Å². The molecule has 0 aliphatic heterocycles. The normalized spacial score (nSPS) is 23.3. The molecule has 0 spiro atoms. The highest BCUT2D eigenvalue weighted by Gasteiger charge is 2.28. The summed E-state index contributed by atoms with van der Waals surface area (Å²) in [4.78, 5) is 12.0. The lowest BCUT2D eigenvalue weighted by Crippen LogP contribution is -2.24. The maximum Gasteiger partial charge on any atom is 0.240 e. The lowest BCUT2D eigenvalue weighted by atomic mass is 10.1. The van der Waals surface area contributed by atoms with Crippen molar-refractivity contribution in [2.24, 2.45) is 16.8 Å². The first-order valence-corrected chi connectivity index (χ1v) is 7.61. The number of para-hydroxylation sites is 1. The molecule has 0 heterocycles. The number of rotatable bonds is 3. The molecule has 5 N–H and O–H groups in total. The third-order valence-corrected chi connectivity index (χ3v) is 4.26. The molecular weight excluding hydrogens is 266 g/mol. The van der Waals surface area contributed by atoms with Crippen molar-refractivity contribution < 1.29 is 13.2 Å². The van der Waals surface area contributed by atoms with E-state index in [0.29, 0.717) is 6.42 Å². The van der Waals surface area contributed by atoms with E-state index in [-0.39, 0.29) is 28.4 Å². The van der Waals surface area contributed by atoms with Gasteiger partial charge in [-0.1, -0.05) is 12.1 Å². The van der Waals surface area contributed by atoms with Crippen molar-refractivity contribution in [3.05, 3.63) is 24.3 Å². The van der Waals surface area contributed by atoms with Gasteiger partial charge < -0.3 is 11.1 Å². The summed E-state index contributed by atoms with van der Waals surface area (Å²) in [6.07, 6.45) is 2.17. The van der Waals surface area contributed by atoms with Crippen LogP contribution in [0.3, 0.4) is 0 Å². The Morgan fingerprint density at radius 3 is 2.53 bits per heavy atom. The van der Waals surface area contributed by atoms with E-state index in [0.717, 1.165) is 12.8 Å². The highest BCUT2D eigenvalue weighted by atomic mass is 32.2. The summed E-state index contributed by atoms with van der Waals surface area (Å²) in [5, 5.41) is 7.74. The molecular formula is C12H17N3O3S. The van der Waals surface area contributed by atoms with Gasteiger partial charge in [-0.3, -0.25) is 4.79 Å². The van der Waals surface area contributed by atoms with Crippen LogP contribution in [0.25, 0.3) is 0 Å². The van der Waals surface area contributed by atoms with E-state index < -0.39 is 10.0 Å². The second kappa shape index (κ2) is 5.28. The standard InChI is InChI=1S/C12H17N3O3S/c13-9-6-5-8(7-9)12(16)15-10-3-1-2-4-11(10)19(14,17)18/h1-4,8-9H,5-7,13H2,(H,15,16)(H2,14,17,18). The average Bonchev–Trinajstić information content (AvgIpc) is 2.75. The van der Waals surface area contributed by atoms with Crippen LogP contribution in [0.2, 0.25) is 0 Å². The Hall–Kier alpha value is -1.44. The molecule has 2 atom stereocenters. The van der Waals surface area contributed by atoms with Crippen molar-refractivity contribution in [1.29, 1.82) is 0 Å². The van der Waals surface area contributed by atoms with Crippen molar-refractivity contribution in [2.75, 3.05) is 5.32 Å². The minimum atomic E-state index is -3.85. The largest absolute Gasteiger partial charge is 0.328 e. The van der Waals surface area contributed by atoms with Crippen LogP contribution < -0.4 is 16.2 Å².